The molecule has 1 saturated heterocycles. The number of ether oxygens (including phenoxy) is 2. The van der Waals surface area contributed by atoms with E-state index in [0.717, 1.165) is 12.8 Å². The number of benzene rings is 2. The van der Waals surface area contributed by atoms with E-state index in [1.807, 2.05) is 24.3 Å². The van der Waals surface area contributed by atoms with Crippen molar-refractivity contribution in [2.24, 2.45) is 5.92 Å². The van der Waals surface area contributed by atoms with Gasteiger partial charge in [0, 0.05) is 25.7 Å². The summed E-state index contributed by atoms with van der Waals surface area (Å²) in [4.78, 5) is 12.1. The summed E-state index contributed by atoms with van der Waals surface area (Å²) in [6.45, 7) is 1.84. The fourth-order valence-corrected chi connectivity index (χ4v) is 4.10. The number of rotatable bonds is 5. The van der Waals surface area contributed by atoms with Gasteiger partial charge in [0.15, 0.2) is 0 Å². The average molecular weight is 367 g/mol. The van der Waals surface area contributed by atoms with E-state index in [-0.39, 0.29) is 25.0 Å². The predicted molar refractivity (Wildman–Crippen MR) is 103 cm³/mol. The van der Waals surface area contributed by atoms with Crippen LogP contribution < -0.4 is 5.32 Å². The van der Waals surface area contributed by atoms with Crippen LogP contribution in [-0.2, 0) is 9.47 Å². The Bertz CT molecular complexity index is 755. The van der Waals surface area contributed by atoms with Gasteiger partial charge in [0.25, 0.3) is 0 Å². The van der Waals surface area contributed by atoms with Gasteiger partial charge in [-0.25, -0.2) is 4.79 Å². The zero-order chi connectivity index (χ0) is 18.6. The Morgan fingerprint density at radius 3 is 2.30 bits per heavy atom. The quantitative estimate of drug-likeness (QED) is 0.851. The lowest BCUT2D eigenvalue weighted by Crippen LogP contribution is -2.38. The standard InChI is InChI=1S/C22H25NO4/c24-21(15-9-11-26-12-10-15)13-23-22(25)27-14-20-18-7-3-1-5-16(18)17-6-2-4-8-19(17)20/h1-8,15,20-21,24H,9-14H2,(H,23,25). The Hall–Kier alpha value is -2.37. The number of nitrogens with one attached hydrogen (secondary N) is 1. The van der Waals surface area contributed by atoms with Crippen molar-refractivity contribution in [1.29, 1.82) is 0 Å². The van der Waals surface area contributed by atoms with Crippen molar-refractivity contribution in [3.63, 3.8) is 0 Å². The Morgan fingerprint density at radius 1 is 1.07 bits per heavy atom. The van der Waals surface area contributed by atoms with Crippen molar-refractivity contribution >= 4 is 6.09 Å². The second-order valence-corrected chi connectivity index (χ2v) is 7.22. The molecule has 2 aliphatic rings. The molecule has 1 amide bonds. The van der Waals surface area contributed by atoms with Crippen molar-refractivity contribution in [1.82, 2.24) is 5.32 Å². The molecule has 1 heterocycles. The van der Waals surface area contributed by atoms with Gasteiger partial charge in [-0.2, -0.15) is 0 Å². The summed E-state index contributed by atoms with van der Waals surface area (Å²) in [5, 5.41) is 12.9. The number of hydrogen-bond acceptors (Lipinski definition) is 4. The number of alkyl carbamates (subject to hydrolysis) is 1. The number of hydrogen-bond donors (Lipinski definition) is 2. The van der Waals surface area contributed by atoms with Gasteiger partial charge >= 0.3 is 6.09 Å². The lowest BCUT2D eigenvalue weighted by Gasteiger charge is -2.26. The van der Waals surface area contributed by atoms with Gasteiger partial charge in [0.05, 0.1) is 6.10 Å². The number of aliphatic hydroxyl groups excluding tert-OH is 1. The van der Waals surface area contributed by atoms with E-state index in [4.69, 9.17) is 9.47 Å². The van der Waals surface area contributed by atoms with E-state index >= 15 is 0 Å². The molecular formula is C22H25NO4. The van der Waals surface area contributed by atoms with Crippen molar-refractivity contribution in [2.75, 3.05) is 26.4 Å². The van der Waals surface area contributed by atoms with Gasteiger partial charge in [-0.1, -0.05) is 48.5 Å². The molecule has 0 spiro atoms. The zero-order valence-corrected chi connectivity index (χ0v) is 15.3. The summed E-state index contributed by atoms with van der Waals surface area (Å²) in [6, 6.07) is 16.5. The summed E-state index contributed by atoms with van der Waals surface area (Å²) in [6.07, 6.45) is 0.610. The molecule has 1 aliphatic heterocycles. The Balaban J connectivity index is 1.34. The summed E-state index contributed by atoms with van der Waals surface area (Å²) < 4.78 is 10.8. The van der Waals surface area contributed by atoms with Crippen LogP contribution in [0.25, 0.3) is 11.1 Å². The van der Waals surface area contributed by atoms with Crippen LogP contribution in [0.3, 0.4) is 0 Å². The first-order valence-electron chi connectivity index (χ1n) is 9.58. The van der Waals surface area contributed by atoms with Crippen LogP contribution in [0.4, 0.5) is 4.79 Å². The van der Waals surface area contributed by atoms with Crippen molar-refractivity contribution < 1.29 is 19.4 Å². The van der Waals surface area contributed by atoms with Gasteiger partial charge in [-0.05, 0) is 41.0 Å². The van der Waals surface area contributed by atoms with E-state index in [0.29, 0.717) is 13.2 Å². The maximum Gasteiger partial charge on any atom is 0.407 e. The Morgan fingerprint density at radius 2 is 1.67 bits per heavy atom. The lowest BCUT2D eigenvalue weighted by molar-refractivity contribution is 0.00835. The molecule has 142 valence electrons. The van der Waals surface area contributed by atoms with Crippen LogP contribution in [-0.4, -0.2) is 43.7 Å². The highest BCUT2D eigenvalue weighted by molar-refractivity contribution is 5.79. The smallest absolute Gasteiger partial charge is 0.407 e. The monoisotopic (exact) mass is 367 g/mol. The summed E-state index contributed by atoms with van der Waals surface area (Å²) in [5.74, 6) is 0.219. The molecule has 0 saturated carbocycles. The summed E-state index contributed by atoms with van der Waals surface area (Å²) in [7, 11) is 0. The van der Waals surface area contributed by atoms with Gasteiger partial charge in [-0.15, -0.1) is 0 Å². The number of aliphatic hydroxyl groups is 1. The van der Waals surface area contributed by atoms with Crippen LogP contribution in [0.1, 0.15) is 29.9 Å². The normalized spacial score (nSPS) is 17.8. The predicted octanol–water partition coefficient (Wildman–Crippen LogP) is 3.31. The lowest BCUT2D eigenvalue weighted by atomic mass is 9.94. The van der Waals surface area contributed by atoms with Crippen LogP contribution in [0.15, 0.2) is 48.5 Å². The van der Waals surface area contributed by atoms with Gasteiger partial charge < -0.3 is 19.9 Å². The molecule has 2 aromatic rings. The molecule has 2 aromatic carbocycles. The molecule has 5 heteroatoms. The van der Waals surface area contributed by atoms with Gasteiger partial charge in [0.1, 0.15) is 6.61 Å². The van der Waals surface area contributed by atoms with Crippen LogP contribution >= 0.6 is 0 Å². The van der Waals surface area contributed by atoms with Gasteiger partial charge in [-0.3, -0.25) is 0 Å². The second-order valence-electron chi connectivity index (χ2n) is 7.22. The highest BCUT2D eigenvalue weighted by Crippen LogP contribution is 2.44. The SMILES string of the molecule is O=C(NCC(O)C1CCOCC1)OCC1c2ccccc2-c2ccccc21. The van der Waals surface area contributed by atoms with E-state index in [9.17, 15) is 9.90 Å². The van der Waals surface area contributed by atoms with Gasteiger partial charge in [0.2, 0.25) is 0 Å². The summed E-state index contributed by atoms with van der Waals surface area (Å²) in [5.41, 5.74) is 4.79. The molecule has 0 aromatic heterocycles. The molecule has 1 unspecified atom stereocenters. The van der Waals surface area contributed by atoms with Crippen LogP contribution in [0.2, 0.25) is 0 Å². The van der Waals surface area contributed by atoms with Crippen molar-refractivity contribution in [3.05, 3.63) is 59.7 Å². The maximum absolute atomic E-state index is 12.1. The van der Waals surface area contributed by atoms with E-state index in [1.165, 1.54) is 22.3 Å². The number of fused-ring (bicyclic) bond motifs is 3. The zero-order valence-electron chi connectivity index (χ0n) is 15.3. The molecule has 1 aliphatic carbocycles. The average Bonchev–Trinajstić information content (AvgIpc) is 3.05. The Kier molecular flexibility index (Phi) is 5.41. The number of carbonyl (C=O) groups is 1. The molecule has 0 bridgehead atoms. The van der Waals surface area contributed by atoms with E-state index in [1.54, 1.807) is 0 Å². The Labute approximate surface area is 159 Å². The largest absolute Gasteiger partial charge is 0.449 e. The molecule has 1 atom stereocenters. The fourth-order valence-electron chi connectivity index (χ4n) is 4.10. The molecule has 0 radical (unpaired) electrons. The third kappa shape index (κ3) is 3.84. The first-order chi connectivity index (χ1) is 13.2. The number of carbonyl (C=O) groups excluding carboxylic acids is 1. The summed E-state index contributed by atoms with van der Waals surface area (Å²) >= 11 is 0. The van der Waals surface area contributed by atoms with Crippen LogP contribution in [0.5, 0.6) is 0 Å². The van der Waals surface area contributed by atoms with Crippen molar-refractivity contribution in [2.45, 2.75) is 24.9 Å². The maximum atomic E-state index is 12.1. The van der Waals surface area contributed by atoms with E-state index in [2.05, 4.69) is 29.6 Å². The topological polar surface area (TPSA) is 67.8 Å². The third-order valence-corrected chi connectivity index (χ3v) is 5.61. The minimum absolute atomic E-state index is 0.0450. The third-order valence-electron chi connectivity index (χ3n) is 5.61. The fraction of sp³-hybridized carbons (Fsp3) is 0.409. The first kappa shape index (κ1) is 18.0. The van der Waals surface area contributed by atoms with Crippen LogP contribution in [0, 0.1) is 5.92 Å². The second kappa shape index (κ2) is 8.11. The highest BCUT2D eigenvalue weighted by Gasteiger charge is 2.29. The molecule has 1 fully saturated rings. The molecule has 27 heavy (non-hydrogen) atoms. The minimum Gasteiger partial charge on any atom is -0.449 e. The molecule has 2 N–H and O–H groups in total. The highest BCUT2D eigenvalue weighted by atomic mass is 16.5. The molecular weight excluding hydrogens is 342 g/mol. The molecule has 5 nitrogen and oxygen atoms in total. The van der Waals surface area contributed by atoms with Crippen molar-refractivity contribution in [3.8, 4) is 11.1 Å². The van der Waals surface area contributed by atoms with E-state index < -0.39 is 12.2 Å². The molecule has 4 rings (SSSR count). The first-order valence-corrected chi connectivity index (χ1v) is 9.58. The minimum atomic E-state index is -0.561. The number of amides is 1.